The molecular weight excluding hydrogens is 342 g/mol. The first-order valence-corrected chi connectivity index (χ1v) is 10.4. The van der Waals surface area contributed by atoms with Gasteiger partial charge in [-0.2, -0.15) is 0 Å². The highest BCUT2D eigenvalue weighted by Crippen LogP contribution is 2.25. The van der Waals surface area contributed by atoms with E-state index in [2.05, 4.69) is 4.98 Å². The number of carbonyl (C=O) groups is 2. The first-order valence-electron chi connectivity index (χ1n) is 8.58. The zero-order valence-corrected chi connectivity index (χ0v) is 15.1. The molecule has 0 bridgehead atoms. The summed E-state index contributed by atoms with van der Waals surface area (Å²) < 4.78 is 23.4. The molecule has 1 aromatic rings. The highest BCUT2D eigenvalue weighted by molar-refractivity contribution is 7.91. The fourth-order valence-corrected chi connectivity index (χ4v) is 5.36. The van der Waals surface area contributed by atoms with Crippen LogP contribution < -0.4 is 0 Å². The molecule has 0 spiro atoms. The second kappa shape index (κ2) is 7.11. The van der Waals surface area contributed by atoms with Gasteiger partial charge in [0.15, 0.2) is 9.84 Å². The predicted octanol–water partition coefficient (Wildman–Crippen LogP) is 0.466. The van der Waals surface area contributed by atoms with Gasteiger partial charge in [-0.15, -0.1) is 0 Å². The zero-order chi connectivity index (χ0) is 18.0. The van der Waals surface area contributed by atoms with Crippen molar-refractivity contribution >= 4 is 21.7 Å². The lowest BCUT2D eigenvalue weighted by Gasteiger charge is -2.29. The van der Waals surface area contributed by atoms with Crippen LogP contribution in [-0.2, 0) is 26.0 Å². The maximum Gasteiger partial charge on any atom is 0.228 e. The van der Waals surface area contributed by atoms with Gasteiger partial charge in [0.05, 0.1) is 29.7 Å². The molecule has 3 rings (SSSR count). The molecule has 136 valence electrons. The number of hydrogen-bond donors (Lipinski definition) is 0. The molecule has 0 saturated carbocycles. The third-order valence-electron chi connectivity index (χ3n) is 4.92. The van der Waals surface area contributed by atoms with Crippen molar-refractivity contribution in [2.24, 2.45) is 5.92 Å². The number of aromatic nitrogens is 1. The summed E-state index contributed by atoms with van der Waals surface area (Å²) in [6.45, 7) is 3.08. The van der Waals surface area contributed by atoms with Gasteiger partial charge in [0.1, 0.15) is 0 Å². The lowest BCUT2D eigenvalue weighted by atomic mass is 10.1. The third-order valence-corrected chi connectivity index (χ3v) is 6.67. The number of likely N-dealkylation sites (tertiary alicyclic amines) is 1. The number of amides is 2. The molecule has 0 aliphatic carbocycles. The summed E-state index contributed by atoms with van der Waals surface area (Å²) in [5.41, 5.74) is 0.790. The Bertz CT molecular complexity index is 750. The first-order chi connectivity index (χ1) is 11.9. The molecule has 1 aromatic heterocycles. The first kappa shape index (κ1) is 17.8. The smallest absolute Gasteiger partial charge is 0.228 e. The van der Waals surface area contributed by atoms with Crippen LogP contribution in [0.1, 0.15) is 25.5 Å². The number of carbonyl (C=O) groups excluding carboxylic acids is 2. The van der Waals surface area contributed by atoms with Crippen molar-refractivity contribution in [1.82, 2.24) is 14.8 Å². The summed E-state index contributed by atoms with van der Waals surface area (Å²) in [6, 6.07) is 5.27. The van der Waals surface area contributed by atoms with Crippen LogP contribution in [-0.4, -0.2) is 65.7 Å². The molecule has 2 amide bonds. The molecule has 0 aromatic carbocycles. The highest BCUT2D eigenvalue weighted by Gasteiger charge is 2.40. The van der Waals surface area contributed by atoms with Gasteiger partial charge in [0.2, 0.25) is 11.8 Å². The van der Waals surface area contributed by atoms with Crippen LogP contribution in [0.2, 0.25) is 0 Å². The SMILES string of the molecule is CCN(C(=O)C1CC(=O)N(Cc2ccccn2)C1)C1CCS(=O)(=O)C1. The van der Waals surface area contributed by atoms with Crippen LogP contribution in [0.25, 0.3) is 0 Å². The van der Waals surface area contributed by atoms with Crippen LogP contribution >= 0.6 is 0 Å². The normalized spacial score (nSPS) is 25.3. The monoisotopic (exact) mass is 365 g/mol. The van der Waals surface area contributed by atoms with Crippen LogP contribution in [0.3, 0.4) is 0 Å². The average molecular weight is 365 g/mol. The van der Waals surface area contributed by atoms with Crippen LogP contribution in [0.4, 0.5) is 0 Å². The van der Waals surface area contributed by atoms with Crippen molar-refractivity contribution in [3.05, 3.63) is 30.1 Å². The summed E-state index contributed by atoms with van der Waals surface area (Å²) in [6.07, 6.45) is 2.35. The van der Waals surface area contributed by atoms with Gasteiger partial charge >= 0.3 is 0 Å². The fraction of sp³-hybridized carbons (Fsp3) is 0.588. The van der Waals surface area contributed by atoms with Gasteiger partial charge in [0.25, 0.3) is 0 Å². The molecule has 2 saturated heterocycles. The van der Waals surface area contributed by atoms with Gasteiger partial charge in [-0.1, -0.05) is 6.07 Å². The molecule has 8 heteroatoms. The van der Waals surface area contributed by atoms with Crippen LogP contribution in [0, 0.1) is 5.92 Å². The van der Waals surface area contributed by atoms with E-state index in [1.54, 1.807) is 16.0 Å². The Morgan fingerprint density at radius 2 is 2.20 bits per heavy atom. The second-order valence-electron chi connectivity index (χ2n) is 6.68. The van der Waals surface area contributed by atoms with E-state index < -0.39 is 15.8 Å². The third kappa shape index (κ3) is 4.00. The van der Waals surface area contributed by atoms with Crippen LogP contribution in [0.15, 0.2) is 24.4 Å². The Kier molecular flexibility index (Phi) is 5.08. The maximum absolute atomic E-state index is 12.9. The van der Waals surface area contributed by atoms with E-state index in [9.17, 15) is 18.0 Å². The number of rotatable bonds is 5. The minimum absolute atomic E-state index is 0.0326. The number of nitrogens with zero attached hydrogens (tertiary/aromatic N) is 3. The zero-order valence-electron chi connectivity index (χ0n) is 14.3. The standard InChI is InChI=1S/C17H23N3O4S/c1-2-20(15-6-8-25(23,24)12-15)17(22)13-9-16(21)19(10-13)11-14-5-3-4-7-18-14/h3-5,7,13,15H,2,6,8-12H2,1H3. The number of sulfone groups is 1. The Morgan fingerprint density at radius 3 is 2.80 bits per heavy atom. The number of pyridine rings is 1. The van der Waals surface area contributed by atoms with Crippen molar-refractivity contribution in [2.75, 3.05) is 24.6 Å². The summed E-state index contributed by atoms with van der Waals surface area (Å²) in [5, 5.41) is 0. The fourth-order valence-electron chi connectivity index (χ4n) is 3.63. The molecule has 2 atom stereocenters. The molecule has 0 N–H and O–H groups in total. The molecule has 0 radical (unpaired) electrons. The molecular formula is C17H23N3O4S. The van der Waals surface area contributed by atoms with Gasteiger partial charge in [0, 0.05) is 31.7 Å². The molecule has 2 unspecified atom stereocenters. The Morgan fingerprint density at radius 1 is 1.40 bits per heavy atom. The number of hydrogen-bond acceptors (Lipinski definition) is 5. The van der Waals surface area contributed by atoms with Crippen LogP contribution in [0.5, 0.6) is 0 Å². The summed E-state index contributed by atoms with van der Waals surface area (Å²) in [5.74, 6) is -0.401. The highest BCUT2D eigenvalue weighted by atomic mass is 32.2. The van der Waals surface area contributed by atoms with Gasteiger partial charge in [-0.3, -0.25) is 14.6 Å². The minimum Gasteiger partial charge on any atom is -0.339 e. The Labute approximate surface area is 147 Å². The molecule has 7 nitrogen and oxygen atoms in total. The lowest BCUT2D eigenvalue weighted by molar-refractivity contribution is -0.137. The van der Waals surface area contributed by atoms with E-state index in [0.717, 1.165) is 5.69 Å². The largest absolute Gasteiger partial charge is 0.339 e. The summed E-state index contributed by atoms with van der Waals surface area (Å²) >= 11 is 0. The molecule has 3 heterocycles. The summed E-state index contributed by atoms with van der Waals surface area (Å²) in [7, 11) is -3.05. The molecule has 25 heavy (non-hydrogen) atoms. The maximum atomic E-state index is 12.9. The van der Waals surface area contributed by atoms with E-state index >= 15 is 0 Å². The second-order valence-corrected chi connectivity index (χ2v) is 8.91. The van der Waals surface area contributed by atoms with Gasteiger partial charge < -0.3 is 9.80 Å². The van der Waals surface area contributed by atoms with Crippen molar-refractivity contribution in [2.45, 2.75) is 32.4 Å². The van der Waals surface area contributed by atoms with E-state index in [-0.39, 0.29) is 35.8 Å². The molecule has 2 aliphatic heterocycles. The van der Waals surface area contributed by atoms with Crippen molar-refractivity contribution in [3.8, 4) is 0 Å². The minimum atomic E-state index is -3.05. The van der Waals surface area contributed by atoms with E-state index in [1.807, 2.05) is 25.1 Å². The van der Waals surface area contributed by atoms with Crippen molar-refractivity contribution in [1.29, 1.82) is 0 Å². The van der Waals surface area contributed by atoms with E-state index in [4.69, 9.17) is 0 Å². The van der Waals surface area contributed by atoms with Gasteiger partial charge in [-0.25, -0.2) is 8.42 Å². The quantitative estimate of drug-likeness (QED) is 0.757. The molecule has 2 aliphatic rings. The van der Waals surface area contributed by atoms with Crippen molar-refractivity contribution < 1.29 is 18.0 Å². The Hall–Kier alpha value is -1.96. The summed E-state index contributed by atoms with van der Waals surface area (Å²) in [4.78, 5) is 32.6. The average Bonchev–Trinajstić information content (AvgIpc) is 3.12. The topological polar surface area (TPSA) is 87.7 Å². The van der Waals surface area contributed by atoms with Crippen molar-refractivity contribution in [3.63, 3.8) is 0 Å². The van der Waals surface area contributed by atoms with E-state index in [0.29, 0.717) is 26.1 Å². The van der Waals surface area contributed by atoms with E-state index in [1.165, 1.54) is 0 Å². The molecule has 2 fully saturated rings. The lowest BCUT2D eigenvalue weighted by Crippen LogP contribution is -2.44. The predicted molar refractivity (Wildman–Crippen MR) is 92.2 cm³/mol. The van der Waals surface area contributed by atoms with Gasteiger partial charge in [-0.05, 0) is 25.5 Å². The Balaban J connectivity index is 1.65.